The Morgan fingerprint density at radius 1 is 1.15 bits per heavy atom. The van der Waals surface area contributed by atoms with Gasteiger partial charge in [-0.2, -0.15) is 0 Å². The molecule has 1 unspecified atom stereocenters. The van der Waals surface area contributed by atoms with Crippen LogP contribution in [0.3, 0.4) is 0 Å². The van der Waals surface area contributed by atoms with Crippen molar-refractivity contribution in [3.05, 3.63) is 0 Å². The van der Waals surface area contributed by atoms with Crippen molar-refractivity contribution in [1.29, 1.82) is 0 Å². The van der Waals surface area contributed by atoms with Crippen molar-refractivity contribution in [2.75, 3.05) is 0 Å². The fraction of sp³-hybridized carbons (Fsp3) is 0.944. The van der Waals surface area contributed by atoms with Crippen LogP contribution < -0.4 is 0 Å². The zero-order valence-corrected chi connectivity index (χ0v) is 14.6. The first-order valence-corrected chi connectivity index (χ1v) is 8.28. The largest absolute Gasteiger partial charge is 0.458 e. The van der Waals surface area contributed by atoms with E-state index in [-0.39, 0.29) is 22.4 Å². The fourth-order valence-electron chi connectivity index (χ4n) is 3.59. The number of hydrogen-bond acceptors (Lipinski definition) is 2. The summed E-state index contributed by atoms with van der Waals surface area (Å²) in [5.74, 6) is 0.426. The van der Waals surface area contributed by atoms with Gasteiger partial charge in [0.1, 0.15) is 5.60 Å². The normalized spacial score (nSPS) is 21.8. The molecule has 0 amide bonds. The molecule has 1 rings (SSSR count). The highest BCUT2D eigenvalue weighted by molar-refractivity contribution is 5.77. The van der Waals surface area contributed by atoms with Gasteiger partial charge in [0.15, 0.2) is 0 Å². The predicted molar refractivity (Wildman–Crippen MR) is 84.6 cm³/mol. The van der Waals surface area contributed by atoms with Crippen molar-refractivity contribution in [2.45, 2.75) is 92.6 Å². The Morgan fingerprint density at radius 3 is 2.00 bits per heavy atom. The minimum absolute atomic E-state index is 0.0190. The summed E-state index contributed by atoms with van der Waals surface area (Å²) in [6, 6.07) is 0. The van der Waals surface area contributed by atoms with Gasteiger partial charge in [-0.1, -0.05) is 41.5 Å². The Balaban J connectivity index is 2.86. The average Bonchev–Trinajstić information content (AvgIpc) is 2.76. The van der Waals surface area contributed by atoms with E-state index in [4.69, 9.17) is 4.74 Å². The molecule has 0 bridgehead atoms. The van der Waals surface area contributed by atoms with Crippen LogP contribution in [0.25, 0.3) is 0 Å². The van der Waals surface area contributed by atoms with Gasteiger partial charge in [-0.25, -0.2) is 0 Å². The highest BCUT2D eigenvalue weighted by atomic mass is 16.6. The second-order valence-electron chi connectivity index (χ2n) is 8.47. The molecule has 1 aliphatic carbocycles. The predicted octanol–water partition coefficient (Wildman–Crippen LogP) is 5.35. The third-order valence-electron chi connectivity index (χ3n) is 4.99. The summed E-state index contributed by atoms with van der Waals surface area (Å²) in [5.41, 5.74) is -0.418. The zero-order chi connectivity index (χ0) is 15.6. The lowest BCUT2D eigenvalue weighted by atomic mass is 9.73. The Morgan fingerprint density at radius 2 is 1.65 bits per heavy atom. The van der Waals surface area contributed by atoms with Crippen LogP contribution in [0, 0.1) is 16.7 Å². The second-order valence-corrected chi connectivity index (χ2v) is 8.47. The van der Waals surface area contributed by atoms with Gasteiger partial charge in [0, 0.05) is 0 Å². The second kappa shape index (κ2) is 6.07. The van der Waals surface area contributed by atoms with Gasteiger partial charge in [-0.15, -0.1) is 0 Å². The molecule has 20 heavy (non-hydrogen) atoms. The van der Waals surface area contributed by atoms with E-state index in [1.54, 1.807) is 0 Å². The van der Waals surface area contributed by atoms with Crippen LogP contribution in [0.15, 0.2) is 0 Å². The van der Waals surface area contributed by atoms with E-state index in [1.165, 1.54) is 12.8 Å². The van der Waals surface area contributed by atoms with Gasteiger partial charge in [-0.05, 0) is 56.8 Å². The maximum atomic E-state index is 12.8. The molecule has 0 aromatic heterocycles. The van der Waals surface area contributed by atoms with Gasteiger partial charge < -0.3 is 4.74 Å². The van der Waals surface area contributed by atoms with Gasteiger partial charge in [-0.3, -0.25) is 4.79 Å². The highest BCUT2D eigenvalue weighted by Crippen LogP contribution is 2.43. The zero-order valence-electron chi connectivity index (χ0n) is 14.6. The number of esters is 1. The first-order chi connectivity index (χ1) is 9.05. The smallest absolute Gasteiger partial charge is 0.312 e. The van der Waals surface area contributed by atoms with E-state index in [0.29, 0.717) is 5.92 Å². The molecule has 0 saturated heterocycles. The van der Waals surface area contributed by atoms with Crippen molar-refractivity contribution in [3.8, 4) is 0 Å². The Labute approximate surface area is 125 Å². The molecule has 0 heterocycles. The van der Waals surface area contributed by atoms with Crippen LogP contribution in [0.5, 0.6) is 0 Å². The van der Waals surface area contributed by atoms with E-state index in [0.717, 1.165) is 25.7 Å². The Bertz CT molecular complexity index is 332. The number of rotatable bonds is 5. The number of ether oxygens (including phenoxy) is 1. The summed E-state index contributed by atoms with van der Waals surface area (Å²) in [4.78, 5) is 12.8. The molecule has 1 fully saturated rings. The standard InChI is InChI=1S/C18H34O2/c1-8-17(7,13-16(4,5)6)15(19)20-18(14(2)3)11-9-10-12-18/h14H,8-13H2,1-7H3. The Kier molecular flexibility index (Phi) is 5.32. The van der Waals surface area contributed by atoms with Gasteiger partial charge >= 0.3 is 5.97 Å². The molecule has 118 valence electrons. The van der Waals surface area contributed by atoms with Crippen LogP contribution in [-0.4, -0.2) is 11.6 Å². The summed E-state index contributed by atoms with van der Waals surface area (Å²) in [6.45, 7) is 15.1. The molecule has 0 aromatic rings. The molecule has 0 aliphatic heterocycles. The minimum atomic E-state index is -0.358. The molecular formula is C18H34O2. The topological polar surface area (TPSA) is 26.3 Å². The summed E-state index contributed by atoms with van der Waals surface area (Å²) in [6.07, 6.45) is 6.17. The van der Waals surface area contributed by atoms with Crippen molar-refractivity contribution in [2.24, 2.45) is 16.7 Å². The van der Waals surface area contributed by atoms with E-state index >= 15 is 0 Å². The maximum absolute atomic E-state index is 12.8. The quantitative estimate of drug-likeness (QED) is 0.635. The molecule has 1 aliphatic rings. The lowest BCUT2D eigenvalue weighted by Gasteiger charge is -2.39. The molecule has 0 aromatic carbocycles. The van der Waals surface area contributed by atoms with Gasteiger partial charge in [0.25, 0.3) is 0 Å². The van der Waals surface area contributed by atoms with Gasteiger partial charge in [0.05, 0.1) is 5.41 Å². The molecule has 1 atom stereocenters. The van der Waals surface area contributed by atoms with E-state index in [1.807, 2.05) is 0 Å². The van der Waals surface area contributed by atoms with Crippen molar-refractivity contribution >= 4 is 5.97 Å². The van der Waals surface area contributed by atoms with Crippen LogP contribution in [-0.2, 0) is 9.53 Å². The maximum Gasteiger partial charge on any atom is 0.312 e. The van der Waals surface area contributed by atoms with Gasteiger partial charge in [0.2, 0.25) is 0 Å². The third kappa shape index (κ3) is 3.99. The first kappa shape index (κ1) is 17.5. The molecule has 1 saturated carbocycles. The lowest BCUT2D eigenvalue weighted by molar-refractivity contribution is -0.178. The number of hydrogen-bond donors (Lipinski definition) is 0. The first-order valence-electron chi connectivity index (χ1n) is 8.28. The minimum Gasteiger partial charge on any atom is -0.458 e. The molecule has 2 nitrogen and oxygen atoms in total. The van der Waals surface area contributed by atoms with Crippen LogP contribution in [0.2, 0.25) is 0 Å². The molecule has 2 heteroatoms. The number of carbonyl (C=O) groups is 1. The summed E-state index contributed by atoms with van der Waals surface area (Å²) in [5, 5.41) is 0. The summed E-state index contributed by atoms with van der Waals surface area (Å²) < 4.78 is 6.12. The van der Waals surface area contributed by atoms with E-state index < -0.39 is 0 Å². The monoisotopic (exact) mass is 282 g/mol. The third-order valence-corrected chi connectivity index (χ3v) is 4.99. The van der Waals surface area contributed by atoms with Crippen molar-refractivity contribution in [3.63, 3.8) is 0 Å². The van der Waals surface area contributed by atoms with Crippen molar-refractivity contribution in [1.82, 2.24) is 0 Å². The fourth-order valence-corrected chi connectivity index (χ4v) is 3.59. The Hall–Kier alpha value is -0.530. The molecule has 0 radical (unpaired) electrons. The van der Waals surface area contributed by atoms with Crippen molar-refractivity contribution < 1.29 is 9.53 Å². The van der Waals surface area contributed by atoms with E-state index in [9.17, 15) is 4.79 Å². The molecule has 0 spiro atoms. The van der Waals surface area contributed by atoms with Crippen LogP contribution in [0.4, 0.5) is 0 Å². The van der Waals surface area contributed by atoms with E-state index in [2.05, 4.69) is 48.5 Å². The summed E-state index contributed by atoms with van der Waals surface area (Å²) >= 11 is 0. The van der Waals surface area contributed by atoms with Crippen LogP contribution in [0.1, 0.15) is 87.0 Å². The van der Waals surface area contributed by atoms with Crippen LogP contribution >= 0.6 is 0 Å². The highest BCUT2D eigenvalue weighted by Gasteiger charge is 2.45. The number of carbonyl (C=O) groups excluding carboxylic acids is 1. The molecular weight excluding hydrogens is 248 g/mol. The average molecular weight is 282 g/mol. The summed E-state index contributed by atoms with van der Waals surface area (Å²) in [7, 11) is 0. The lowest BCUT2D eigenvalue weighted by Crippen LogP contribution is -2.43. The molecule has 0 N–H and O–H groups in total. The SMILES string of the molecule is CCC(C)(CC(C)(C)C)C(=O)OC1(C(C)C)CCCC1.